The van der Waals surface area contributed by atoms with Crippen molar-refractivity contribution in [3.05, 3.63) is 53.9 Å². The van der Waals surface area contributed by atoms with Crippen LogP contribution in [0.1, 0.15) is 11.1 Å². The van der Waals surface area contributed by atoms with Crippen molar-refractivity contribution in [1.82, 2.24) is 15.2 Å². The van der Waals surface area contributed by atoms with Crippen molar-refractivity contribution in [1.29, 1.82) is 0 Å². The van der Waals surface area contributed by atoms with Crippen LogP contribution in [-0.4, -0.2) is 67.7 Å². The van der Waals surface area contributed by atoms with E-state index in [-0.39, 0.29) is 6.61 Å². The molecule has 1 fully saturated rings. The largest absolute Gasteiger partial charge is 0.493 e. The molecule has 0 amide bonds. The van der Waals surface area contributed by atoms with Gasteiger partial charge < -0.3 is 24.6 Å². The van der Waals surface area contributed by atoms with Gasteiger partial charge in [0.25, 0.3) is 0 Å². The third kappa shape index (κ3) is 6.17. The number of morpholine rings is 1. The minimum Gasteiger partial charge on any atom is -0.493 e. The average molecular weight is 387 g/mol. The Morgan fingerprint density at radius 1 is 1.21 bits per heavy atom. The molecule has 1 atom stereocenters. The first-order valence-corrected chi connectivity index (χ1v) is 9.62. The van der Waals surface area contributed by atoms with E-state index >= 15 is 0 Å². The van der Waals surface area contributed by atoms with Crippen LogP contribution in [0.4, 0.5) is 0 Å². The summed E-state index contributed by atoms with van der Waals surface area (Å²) in [7, 11) is 1.62. The minimum absolute atomic E-state index is 0.216. The van der Waals surface area contributed by atoms with Crippen molar-refractivity contribution in [2.24, 2.45) is 0 Å². The predicted octanol–water partition coefficient (Wildman–Crippen LogP) is 1.45. The van der Waals surface area contributed by atoms with Crippen LogP contribution in [0.2, 0.25) is 0 Å². The van der Waals surface area contributed by atoms with Crippen LogP contribution < -0.4 is 14.8 Å². The molecule has 0 spiro atoms. The Hall–Kier alpha value is -2.19. The molecule has 1 unspecified atom stereocenters. The van der Waals surface area contributed by atoms with Gasteiger partial charge in [-0.2, -0.15) is 0 Å². The van der Waals surface area contributed by atoms with E-state index in [0.29, 0.717) is 44.3 Å². The van der Waals surface area contributed by atoms with Gasteiger partial charge in [-0.15, -0.1) is 0 Å². The van der Waals surface area contributed by atoms with E-state index in [0.717, 1.165) is 24.2 Å². The fourth-order valence-electron chi connectivity index (χ4n) is 3.18. The maximum absolute atomic E-state index is 10.4. The van der Waals surface area contributed by atoms with Crippen LogP contribution in [0.15, 0.2) is 42.7 Å². The van der Waals surface area contributed by atoms with Gasteiger partial charge in [0.2, 0.25) is 0 Å². The van der Waals surface area contributed by atoms with Crippen LogP contribution in [0.25, 0.3) is 0 Å². The Kier molecular flexibility index (Phi) is 8.05. The second kappa shape index (κ2) is 11.0. The van der Waals surface area contributed by atoms with Crippen molar-refractivity contribution in [3.63, 3.8) is 0 Å². The summed E-state index contributed by atoms with van der Waals surface area (Å²) in [4.78, 5) is 6.32. The molecule has 7 nitrogen and oxygen atoms in total. The number of aliphatic hydroxyl groups excluding tert-OH is 1. The molecule has 0 bridgehead atoms. The Bertz CT molecular complexity index is 708. The van der Waals surface area contributed by atoms with Crippen LogP contribution >= 0.6 is 0 Å². The quantitative estimate of drug-likeness (QED) is 0.639. The highest BCUT2D eigenvalue weighted by Gasteiger charge is 2.17. The molecule has 1 aliphatic rings. The van der Waals surface area contributed by atoms with E-state index in [1.54, 1.807) is 13.3 Å². The number of aliphatic hydroxyl groups is 1. The smallest absolute Gasteiger partial charge is 0.165 e. The fraction of sp³-hybridized carbons (Fsp3) is 0.476. The van der Waals surface area contributed by atoms with Gasteiger partial charge in [-0.25, -0.2) is 0 Å². The molecule has 2 N–H and O–H groups in total. The lowest BCUT2D eigenvalue weighted by atomic mass is 10.1. The first kappa shape index (κ1) is 20.5. The van der Waals surface area contributed by atoms with Crippen molar-refractivity contribution in [2.45, 2.75) is 19.2 Å². The number of benzene rings is 1. The number of rotatable bonds is 10. The van der Waals surface area contributed by atoms with Crippen LogP contribution in [0.3, 0.4) is 0 Å². The number of ether oxygens (including phenoxy) is 3. The maximum atomic E-state index is 10.4. The second-order valence-electron chi connectivity index (χ2n) is 6.79. The third-order valence-corrected chi connectivity index (χ3v) is 4.64. The van der Waals surface area contributed by atoms with Gasteiger partial charge >= 0.3 is 0 Å². The van der Waals surface area contributed by atoms with E-state index < -0.39 is 6.10 Å². The molecule has 1 aromatic heterocycles. The Balaban J connectivity index is 1.55. The SMILES string of the molecule is COc1cccc(CNCc2cccnc2)c1OCC(O)CN1CCOCC1. The topological polar surface area (TPSA) is 76.1 Å². The minimum atomic E-state index is -0.570. The number of nitrogens with zero attached hydrogens (tertiary/aromatic N) is 2. The highest BCUT2D eigenvalue weighted by atomic mass is 16.5. The monoisotopic (exact) mass is 387 g/mol. The van der Waals surface area contributed by atoms with Gasteiger partial charge in [-0.1, -0.05) is 18.2 Å². The third-order valence-electron chi connectivity index (χ3n) is 4.64. The summed E-state index contributed by atoms with van der Waals surface area (Å²) in [6.45, 7) is 5.25. The van der Waals surface area contributed by atoms with E-state index in [1.807, 2.05) is 36.5 Å². The lowest BCUT2D eigenvalue weighted by molar-refractivity contribution is 0.00436. The molecule has 1 aliphatic heterocycles. The molecule has 152 valence electrons. The fourth-order valence-corrected chi connectivity index (χ4v) is 3.18. The molecule has 0 aliphatic carbocycles. The predicted molar refractivity (Wildman–Crippen MR) is 107 cm³/mol. The van der Waals surface area contributed by atoms with Crippen molar-refractivity contribution < 1.29 is 19.3 Å². The second-order valence-corrected chi connectivity index (χ2v) is 6.79. The highest BCUT2D eigenvalue weighted by molar-refractivity contribution is 5.46. The van der Waals surface area contributed by atoms with E-state index in [9.17, 15) is 5.11 Å². The van der Waals surface area contributed by atoms with Crippen molar-refractivity contribution >= 4 is 0 Å². The van der Waals surface area contributed by atoms with Gasteiger partial charge in [0.15, 0.2) is 11.5 Å². The molecule has 0 saturated carbocycles. The molecule has 28 heavy (non-hydrogen) atoms. The zero-order valence-corrected chi connectivity index (χ0v) is 16.3. The molecule has 1 aromatic carbocycles. The van der Waals surface area contributed by atoms with Gasteiger partial charge in [-0.05, 0) is 17.7 Å². The van der Waals surface area contributed by atoms with Gasteiger partial charge in [-0.3, -0.25) is 9.88 Å². The molecular formula is C21H29N3O4. The lowest BCUT2D eigenvalue weighted by Gasteiger charge is -2.28. The number of β-amino-alcohol motifs (C(OH)–C–C–N with tert-alkyl or cyclic N) is 1. The Morgan fingerprint density at radius 3 is 2.82 bits per heavy atom. The molecule has 2 aromatic rings. The summed E-state index contributed by atoms with van der Waals surface area (Å²) in [6.07, 6.45) is 3.04. The standard InChI is InChI=1S/C21H29N3O4/c1-26-20-6-2-5-18(14-23-13-17-4-3-7-22-12-17)21(20)28-16-19(25)15-24-8-10-27-11-9-24/h2-7,12,19,23,25H,8-11,13-16H2,1H3. The molecule has 3 rings (SSSR count). The van der Waals surface area contributed by atoms with E-state index in [2.05, 4.69) is 15.2 Å². The molecule has 7 heteroatoms. The number of hydrogen-bond acceptors (Lipinski definition) is 7. The highest BCUT2D eigenvalue weighted by Crippen LogP contribution is 2.31. The summed E-state index contributed by atoms with van der Waals surface area (Å²) >= 11 is 0. The zero-order valence-electron chi connectivity index (χ0n) is 16.3. The van der Waals surface area contributed by atoms with Crippen molar-refractivity contribution in [3.8, 4) is 11.5 Å². The number of aromatic nitrogens is 1. The summed E-state index contributed by atoms with van der Waals surface area (Å²) in [5.41, 5.74) is 2.11. The number of nitrogens with one attached hydrogen (secondary N) is 1. The van der Waals surface area contributed by atoms with Crippen LogP contribution in [0.5, 0.6) is 11.5 Å². The number of methoxy groups -OCH3 is 1. The van der Waals surface area contributed by atoms with Crippen LogP contribution in [-0.2, 0) is 17.8 Å². The van der Waals surface area contributed by atoms with Crippen molar-refractivity contribution in [2.75, 3.05) is 46.6 Å². The van der Waals surface area contributed by atoms with E-state index in [1.165, 1.54) is 0 Å². The summed E-state index contributed by atoms with van der Waals surface area (Å²) in [6, 6.07) is 9.77. The zero-order chi connectivity index (χ0) is 19.6. The lowest BCUT2D eigenvalue weighted by Crippen LogP contribution is -2.42. The Labute approximate surface area is 166 Å². The number of pyridine rings is 1. The summed E-state index contributed by atoms with van der Waals surface area (Å²) < 4.78 is 16.8. The van der Waals surface area contributed by atoms with E-state index in [4.69, 9.17) is 14.2 Å². The van der Waals surface area contributed by atoms with Crippen LogP contribution in [0, 0.1) is 0 Å². The summed E-state index contributed by atoms with van der Waals surface area (Å²) in [5.74, 6) is 1.34. The number of para-hydroxylation sites is 1. The Morgan fingerprint density at radius 2 is 2.07 bits per heavy atom. The summed E-state index contributed by atoms with van der Waals surface area (Å²) in [5, 5.41) is 13.8. The molecule has 1 saturated heterocycles. The van der Waals surface area contributed by atoms with Gasteiger partial charge in [0.1, 0.15) is 12.7 Å². The average Bonchev–Trinajstić information content (AvgIpc) is 2.74. The number of hydrogen-bond donors (Lipinski definition) is 2. The molecular weight excluding hydrogens is 358 g/mol. The molecule has 0 radical (unpaired) electrons. The maximum Gasteiger partial charge on any atom is 0.165 e. The molecule has 2 heterocycles. The first-order chi connectivity index (χ1) is 13.8. The first-order valence-electron chi connectivity index (χ1n) is 9.62. The van der Waals surface area contributed by atoms with Gasteiger partial charge in [0.05, 0.1) is 20.3 Å². The van der Waals surface area contributed by atoms with Gasteiger partial charge in [0, 0.05) is 50.7 Å². The normalized spacial score (nSPS) is 15.9.